The molecule has 0 unspecified atom stereocenters. The van der Waals surface area contributed by atoms with Crippen molar-refractivity contribution in [3.05, 3.63) is 17.2 Å². The Bertz CT molecular complexity index is 637. The van der Waals surface area contributed by atoms with Crippen LogP contribution < -0.4 is 14.2 Å². The zero-order chi connectivity index (χ0) is 21.7. The van der Waals surface area contributed by atoms with E-state index in [0.29, 0.717) is 18.1 Å². The van der Waals surface area contributed by atoms with Gasteiger partial charge in [-0.25, -0.2) is 0 Å². The van der Waals surface area contributed by atoms with Crippen LogP contribution in [0.3, 0.4) is 0 Å². The molecule has 0 aromatic heterocycles. The van der Waals surface area contributed by atoms with Crippen LogP contribution in [-0.4, -0.2) is 48.0 Å². The van der Waals surface area contributed by atoms with Crippen molar-refractivity contribution in [2.75, 3.05) is 34.5 Å². The van der Waals surface area contributed by atoms with Crippen molar-refractivity contribution >= 4 is 8.32 Å². The average Bonchev–Trinajstić information content (AvgIpc) is 2.62. The van der Waals surface area contributed by atoms with E-state index in [2.05, 4.69) is 40.8 Å². The van der Waals surface area contributed by atoms with Gasteiger partial charge >= 0.3 is 0 Å². The van der Waals surface area contributed by atoms with Crippen LogP contribution in [0.5, 0.6) is 17.2 Å². The van der Waals surface area contributed by atoms with E-state index in [9.17, 15) is 5.11 Å². The Morgan fingerprint density at radius 2 is 1.61 bits per heavy atom. The van der Waals surface area contributed by atoms with Crippen molar-refractivity contribution in [2.24, 2.45) is 5.92 Å². The van der Waals surface area contributed by atoms with Crippen LogP contribution in [0, 0.1) is 12.8 Å². The van der Waals surface area contributed by atoms with Crippen LogP contribution >= 0.6 is 0 Å². The fraction of sp³-hybridized carbons (Fsp3) is 0.727. The van der Waals surface area contributed by atoms with Crippen LogP contribution in [0.15, 0.2) is 6.07 Å². The van der Waals surface area contributed by atoms with Gasteiger partial charge in [0.15, 0.2) is 19.8 Å². The molecule has 1 N–H and O–H groups in total. The van der Waals surface area contributed by atoms with Gasteiger partial charge in [-0.3, -0.25) is 0 Å². The van der Waals surface area contributed by atoms with E-state index in [-0.39, 0.29) is 23.5 Å². The standard InChI is InChI=1S/C22H40O5Si/c1-15(13-23)11-17(14-27-28(9,10)22(3,4)5)18-12-19(24-6)21(26-8)16(2)20(18)25-7/h12,15,17,23H,11,13-14H2,1-10H3/t15-,17-/m0/s1. The minimum absolute atomic E-state index is 0.0877. The lowest BCUT2D eigenvalue weighted by atomic mass is 9.88. The molecular weight excluding hydrogens is 372 g/mol. The molecule has 5 nitrogen and oxygen atoms in total. The highest BCUT2D eigenvalue weighted by molar-refractivity contribution is 6.74. The molecule has 0 heterocycles. The normalized spacial score (nSPS) is 14.5. The molecule has 0 saturated carbocycles. The predicted molar refractivity (Wildman–Crippen MR) is 118 cm³/mol. The third-order valence-corrected chi connectivity index (χ3v) is 10.5. The molecule has 6 heteroatoms. The minimum atomic E-state index is -1.90. The van der Waals surface area contributed by atoms with E-state index in [0.717, 1.165) is 23.3 Å². The number of hydrogen-bond acceptors (Lipinski definition) is 5. The highest BCUT2D eigenvalue weighted by Gasteiger charge is 2.38. The van der Waals surface area contributed by atoms with Crippen LogP contribution in [0.25, 0.3) is 0 Å². The van der Waals surface area contributed by atoms with Crippen molar-refractivity contribution < 1.29 is 23.7 Å². The van der Waals surface area contributed by atoms with Gasteiger partial charge in [-0.2, -0.15) is 0 Å². The summed E-state index contributed by atoms with van der Waals surface area (Å²) in [5.41, 5.74) is 1.95. The Hall–Kier alpha value is -1.24. The summed E-state index contributed by atoms with van der Waals surface area (Å²) in [6, 6.07) is 1.99. The second kappa shape index (κ2) is 9.99. The zero-order valence-corrected chi connectivity index (χ0v) is 20.4. The first-order chi connectivity index (χ1) is 12.9. The lowest BCUT2D eigenvalue weighted by molar-refractivity contribution is 0.196. The van der Waals surface area contributed by atoms with Gasteiger partial charge in [0.05, 0.1) is 21.3 Å². The molecular formula is C22H40O5Si. The maximum atomic E-state index is 9.64. The Labute approximate surface area is 172 Å². The molecule has 0 radical (unpaired) electrons. The van der Waals surface area contributed by atoms with Crippen molar-refractivity contribution in [1.29, 1.82) is 0 Å². The van der Waals surface area contributed by atoms with Gasteiger partial charge < -0.3 is 23.7 Å². The van der Waals surface area contributed by atoms with Crippen molar-refractivity contribution in [3.63, 3.8) is 0 Å². The Balaban J connectivity index is 3.40. The molecule has 0 amide bonds. The number of rotatable bonds is 10. The average molecular weight is 413 g/mol. The molecule has 0 spiro atoms. The van der Waals surface area contributed by atoms with E-state index in [1.807, 2.05) is 13.0 Å². The smallest absolute Gasteiger partial charge is 0.192 e. The van der Waals surface area contributed by atoms with Gasteiger partial charge in [0, 0.05) is 30.3 Å². The lowest BCUT2D eigenvalue weighted by Gasteiger charge is -2.38. The maximum Gasteiger partial charge on any atom is 0.192 e. The predicted octanol–water partition coefficient (Wildman–Crippen LogP) is 5.14. The molecule has 0 saturated heterocycles. The lowest BCUT2D eigenvalue weighted by Crippen LogP contribution is -2.41. The molecule has 2 atom stereocenters. The molecule has 1 rings (SSSR count). The van der Waals surface area contributed by atoms with Crippen molar-refractivity contribution in [3.8, 4) is 17.2 Å². The van der Waals surface area contributed by atoms with Crippen molar-refractivity contribution in [1.82, 2.24) is 0 Å². The SMILES string of the molecule is COc1cc([C@H](CO[Si](C)(C)C(C)(C)C)C[C@H](C)CO)c(OC)c(C)c1OC. The molecule has 0 bridgehead atoms. The largest absolute Gasteiger partial charge is 0.496 e. The van der Waals surface area contributed by atoms with E-state index in [1.165, 1.54) is 0 Å². The number of methoxy groups -OCH3 is 3. The molecule has 0 aliphatic heterocycles. The fourth-order valence-corrected chi connectivity index (χ4v) is 4.18. The second-order valence-electron chi connectivity index (χ2n) is 9.15. The van der Waals surface area contributed by atoms with Gasteiger partial charge in [-0.1, -0.05) is 27.7 Å². The van der Waals surface area contributed by atoms with Gasteiger partial charge in [-0.15, -0.1) is 0 Å². The summed E-state index contributed by atoms with van der Waals surface area (Å²) >= 11 is 0. The first kappa shape index (κ1) is 24.8. The first-order valence-corrected chi connectivity index (χ1v) is 12.9. The number of ether oxygens (including phenoxy) is 3. The van der Waals surface area contributed by atoms with E-state index < -0.39 is 8.32 Å². The Morgan fingerprint density at radius 1 is 1.04 bits per heavy atom. The number of benzene rings is 1. The number of hydrogen-bond donors (Lipinski definition) is 1. The van der Waals surface area contributed by atoms with Crippen molar-refractivity contribution in [2.45, 2.75) is 65.1 Å². The summed E-state index contributed by atoms with van der Waals surface area (Å²) in [5, 5.41) is 9.78. The second-order valence-corrected chi connectivity index (χ2v) is 14.0. The maximum absolute atomic E-state index is 9.64. The molecule has 28 heavy (non-hydrogen) atoms. The summed E-state index contributed by atoms with van der Waals surface area (Å²) in [6.45, 7) is 16.0. The summed E-state index contributed by atoms with van der Waals surface area (Å²) in [4.78, 5) is 0. The summed E-state index contributed by atoms with van der Waals surface area (Å²) < 4.78 is 23.4. The molecule has 1 aromatic rings. The monoisotopic (exact) mass is 412 g/mol. The van der Waals surface area contributed by atoms with E-state index in [1.54, 1.807) is 21.3 Å². The van der Waals surface area contributed by atoms with Gasteiger partial charge in [0.25, 0.3) is 0 Å². The topological polar surface area (TPSA) is 57.2 Å². The highest BCUT2D eigenvalue weighted by atomic mass is 28.4. The molecule has 1 aromatic carbocycles. The summed E-state index contributed by atoms with van der Waals surface area (Å²) in [6.07, 6.45) is 0.802. The van der Waals surface area contributed by atoms with Gasteiger partial charge in [-0.05, 0) is 43.5 Å². The molecule has 0 aliphatic carbocycles. The summed E-state index contributed by atoms with van der Waals surface area (Å²) in [7, 11) is 3.06. The fourth-order valence-electron chi connectivity index (χ4n) is 3.13. The van der Waals surface area contributed by atoms with Crippen LogP contribution in [0.1, 0.15) is 51.2 Å². The molecule has 162 valence electrons. The van der Waals surface area contributed by atoms with E-state index >= 15 is 0 Å². The highest BCUT2D eigenvalue weighted by Crippen LogP contribution is 2.45. The van der Waals surface area contributed by atoms with Crippen LogP contribution in [0.2, 0.25) is 18.1 Å². The van der Waals surface area contributed by atoms with E-state index in [4.69, 9.17) is 18.6 Å². The number of aliphatic hydroxyl groups excluding tert-OH is 1. The number of aliphatic hydroxyl groups is 1. The zero-order valence-electron chi connectivity index (χ0n) is 19.4. The minimum Gasteiger partial charge on any atom is -0.496 e. The van der Waals surface area contributed by atoms with Gasteiger partial charge in [0.1, 0.15) is 5.75 Å². The van der Waals surface area contributed by atoms with Gasteiger partial charge in [0.2, 0.25) is 0 Å². The molecule has 0 fully saturated rings. The first-order valence-electron chi connectivity index (χ1n) is 9.97. The Kier molecular flexibility index (Phi) is 8.84. The third-order valence-electron chi connectivity index (χ3n) is 5.97. The third kappa shape index (κ3) is 5.64. The van der Waals surface area contributed by atoms with Crippen LogP contribution in [0.4, 0.5) is 0 Å². The Morgan fingerprint density at radius 3 is 2.04 bits per heavy atom. The van der Waals surface area contributed by atoms with Crippen LogP contribution in [-0.2, 0) is 4.43 Å². The summed E-state index contributed by atoms with van der Waals surface area (Å²) in [5.74, 6) is 2.41. The quantitative estimate of drug-likeness (QED) is 0.539. The molecule has 0 aliphatic rings.